The Kier molecular flexibility index (Phi) is 8.42. The average molecular weight is 425 g/mol. The van der Waals surface area contributed by atoms with Crippen LogP contribution < -0.4 is 14.8 Å². The number of nitrogens with zero attached hydrogens (tertiary/aromatic N) is 1. The number of halogens is 2. The van der Waals surface area contributed by atoms with Gasteiger partial charge in [-0.05, 0) is 49.7 Å². The maximum Gasteiger partial charge on any atom is 0.237 e. The highest BCUT2D eigenvalue weighted by atomic mass is 35.5. The minimum atomic E-state index is -0.305. The molecule has 2 aromatic carbocycles. The smallest absolute Gasteiger partial charge is 0.237 e. The van der Waals surface area contributed by atoms with Gasteiger partial charge in [-0.3, -0.25) is 9.69 Å². The van der Waals surface area contributed by atoms with Crippen molar-refractivity contribution in [2.45, 2.75) is 25.9 Å². The number of likely N-dealkylation sites (N-methyl/N-ethyl adjacent to an activating group) is 1. The van der Waals surface area contributed by atoms with Gasteiger partial charge in [0.25, 0.3) is 0 Å². The normalized spacial score (nSPS) is 12.0. The van der Waals surface area contributed by atoms with Crippen molar-refractivity contribution in [2.24, 2.45) is 0 Å². The number of benzene rings is 2. The first-order valence-corrected chi connectivity index (χ1v) is 9.74. The zero-order valence-corrected chi connectivity index (χ0v) is 18.1. The molecule has 5 nitrogen and oxygen atoms in total. The molecule has 1 N–H and O–H groups in total. The molecule has 7 heteroatoms. The fourth-order valence-electron chi connectivity index (χ4n) is 2.79. The van der Waals surface area contributed by atoms with Crippen LogP contribution in [0.25, 0.3) is 0 Å². The molecular formula is C21H26Cl2N2O3. The van der Waals surface area contributed by atoms with Crippen LogP contribution in [-0.4, -0.2) is 44.7 Å². The number of amides is 1. The molecule has 0 saturated heterocycles. The summed E-state index contributed by atoms with van der Waals surface area (Å²) in [6.07, 6.45) is 0.697. The Morgan fingerprint density at radius 1 is 1.14 bits per heavy atom. The molecule has 28 heavy (non-hydrogen) atoms. The molecule has 0 aliphatic heterocycles. The number of nitrogens with one attached hydrogen (secondary N) is 1. The number of carbonyl (C=O) groups excluding carboxylic acids is 1. The summed E-state index contributed by atoms with van der Waals surface area (Å²) in [6.45, 7) is 2.93. The van der Waals surface area contributed by atoms with Crippen molar-refractivity contribution in [1.29, 1.82) is 0 Å². The molecule has 0 bridgehead atoms. The molecule has 2 aromatic rings. The maximum atomic E-state index is 12.5. The quantitative estimate of drug-likeness (QED) is 0.655. The highest BCUT2D eigenvalue weighted by molar-refractivity contribution is 6.42. The zero-order valence-electron chi connectivity index (χ0n) is 16.6. The Hall–Kier alpha value is -1.95. The van der Waals surface area contributed by atoms with Gasteiger partial charge < -0.3 is 14.8 Å². The average Bonchev–Trinajstić information content (AvgIpc) is 2.70. The van der Waals surface area contributed by atoms with E-state index in [1.807, 2.05) is 49.2 Å². The standard InChI is InChI=1S/C21H26Cl2N2O3/c1-14(25(2)13-16-6-5-7-17(22)20(16)23)21(26)24-11-10-15-8-9-18(27-3)19(12-15)28-4/h5-9,12,14H,10-11,13H2,1-4H3,(H,24,26). The van der Waals surface area contributed by atoms with Crippen molar-refractivity contribution in [3.05, 3.63) is 57.6 Å². The maximum absolute atomic E-state index is 12.5. The van der Waals surface area contributed by atoms with Crippen LogP contribution in [-0.2, 0) is 17.8 Å². The lowest BCUT2D eigenvalue weighted by Gasteiger charge is -2.24. The van der Waals surface area contributed by atoms with E-state index in [2.05, 4.69) is 5.32 Å². The molecule has 0 radical (unpaired) electrons. The lowest BCUT2D eigenvalue weighted by molar-refractivity contribution is -0.125. The molecule has 1 unspecified atom stereocenters. The summed E-state index contributed by atoms with van der Waals surface area (Å²) in [4.78, 5) is 14.4. The van der Waals surface area contributed by atoms with Crippen LogP contribution >= 0.6 is 23.2 Å². The second kappa shape index (κ2) is 10.6. The largest absolute Gasteiger partial charge is 0.493 e. The molecule has 0 aromatic heterocycles. The highest BCUT2D eigenvalue weighted by Crippen LogP contribution is 2.28. The van der Waals surface area contributed by atoms with Crippen LogP contribution in [0, 0.1) is 0 Å². The van der Waals surface area contributed by atoms with Crippen molar-refractivity contribution >= 4 is 29.1 Å². The van der Waals surface area contributed by atoms with E-state index >= 15 is 0 Å². The lowest BCUT2D eigenvalue weighted by atomic mass is 10.1. The van der Waals surface area contributed by atoms with Crippen molar-refractivity contribution in [3.8, 4) is 11.5 Å². The summed E-state index contributed by atoms with van der Waals surface area (Å²) in [5.74, 6) is 1.32. The Balaban J connectivity index is 1.87. The van der Waals surface area contributed by atoms with E-state index < -0.39 is 0 Å². The van der Waals surface area contributed by atoms with Gasteiger partial charge in [-0.25, -0.2) is 0 Å². The van der Waals surface area contributed by atoms with Crippen LogP contribution in [0.2, 0.25) is 10.0 Å². The second-order valence-electron chi connectivity index (χ2n) is 6.53. The van der Waals surface area contributed by atoms with E-state index in [0.717, 1.165) is 11.1 Å². The van der Waals surface area contributed by atoms with Gasteiger partial charge in [-0.2, -0.15) is 0 Å². The van der Waals surface area contributed by atoms with Crippen molar-refractivity contribution in [1.82, 2.24) is 10.2 Å². The van der Waals surface area contributed by atoms with E-state index in [0.29, 0.717) is 41.1 Å². The number of carbonyl (C=O) groups is 1. The molecule has 1 amide bonds. The Labute approximate surface area is 176 Å². The molecule has 2 rings (SSSR count). The predicted molar refractivity (Wildman–Crippen MR) is 114 cm³/mol. The highest BCUT2D eigenvalue weighted by Gasteiger charge is 2.19. The molecule has 0 fully saturated rings. The van der Waals surface area contributed by atoms with Crippen LogP contribution in [0.15, 0.2) is 36.4 Å². The van der Waals surface area contributed by atoms with Gasteiger partial charge >= 0.3 is 0 Å². The fraction of sp³-hybridized carbons (Fsp3) is 0.381. The third-order valence-corrected chi connectivity index (χ3v) is 5.51. The summed E-state index contributed by atoms with van der Waals surface area (Å²) >= 11 is 12.3. The first-order chi connectivity index (χ1) is 13.4. The third-order valence-electron chi connectivity index (χ3n) is 4.65. The molecule has 152 valence electrons. The van der Waals surface area contributed by atoms with Crippen molar-refractivity contribution < 1.29 is 14.3 Å². The van der Waals surface area contributed by atoms with E-state index in [4.69, 9.17) is 32.7 Å². The molecule has 0 saturated carbocycles. The number of methoxy groups -OCH3 is 2. The summed E-state index contributed by atoms with van der Waals surface area (Å²) in [7, 11) is 5.09. The minimum Gasteiger partial charge on any atom is -0.493 e. The van der Waals surface area contributed by atoms with Gasteiger partial charge in [0.1, 0.15) is 0 Å². The Bertz CT molecular complexity index is 814. The monoisotopic (exact) mass is 424 g/mol. The number of hydrogen-bond acceptors (Lipinski definition) is 4. The second-order valence-corrected chi connectivity index (χ2v) is 7.32. The van der Waals surface area contributed by atoms with Crippen molar-refractivity contribution in [3.63, 3.8) is 0 Å². The summed E-state index contributed by atoms with van der Waals surface area (Å²) in [5.41, 5.74) is 1.95. The first kappa shape index (κ1) is 22.3. The molecule has 1 atom stereocenters. The Morgan fingerprint density at radius 2 is 1.86 bits per heavy atom. The van der Waals surface area contributed by atoms with Gasteiger partial charge in [0.15, 0.2) is 11.5 Å². The van der Waals surface area contributed by atoms with Gasteiger partial charge in [0.05, 0.1) is 30.3 Å². The predicted octanol–water partition coefficient (Wildman–Crippen LogP) is 4.19. The van der Waals surface area contributed by atoms with Crippen LogP contribution in [0.4, 0.5) is 0 Å². The molecule has 0 heterocycles. The van der Waals surface area contributed by atoms with Gasteiger partial charge in [-0.15, -0.1) is 0 Å². The van der Waals surface area contributed by atoms with E-state index in [1.54, 1.807) is 20.3 Å². The van der Waals surface area contributed by atoms with E-state index in [9.17, 15) is 4.79 Å². The van der Waals surface area contributed by atoms with Gasteiger partial charge in [0, 0.05) is 13.1 Å². The summed E-state index contributed by atoms with van der Waals surface area (Å²) in [5, 5.41) is 4.02. The SMILES string of the molecule is COc1ccc(CCNC(=O)C(C)N(C)Cc2cccc(Cl)c2Cl)cc1OC. The molecule has 0 spiro atoms. The zero-order chi connectivity index (χ0) is 20.7. The van der Waals surface area contributed by atoms with E-state index in [1.165, 1.54) is 0 Å². The number of hydrogen-bond donors (Lipinski definition) is 1. The van der Waals surface area contributed by atoms with Gasteiger partial charge in [-0.1, -0.05) is 41.4 Å². The Morgan fingerprint density at radius 3 is 2.54 bits per heavy atom. The summed E-state index contributed by atoms with van der Waals surface area (Å²) < 4.78 is 10.5. The van der Waals surface area contributed by atoms with Crippen LogP contribution in [0.3, 0.4) is 0 Å². The fourth-order valence-corrected chi connectivity index (χ4v) is 3.17. The lowest BCUT2D eigenvalue weighted by Crippen LogP contribution is -2.43. The topological polar surface area (TPSA) is 50.8 Å². The third kappa shape index (κ3) is 5.77. The van der Waals surface area contributed by atoms with Gasteiger partial charge in [0.2, 0.25) is 5.91 Å². The molecular weight excluding hydrogens is 399 g/mol. The minimum absolute atomic E-state index is 0.0406. The molecule has 0 aliphatic rings. The number of ether oxygens (including phenoxy) is 2. The van der Waals surface area contributed by atoms with E-state index in [-0.39, 0.29) is 11.9 Å². The number of rotatable bonds is 9. The van der Waals surface area contributed by atoms with Crippen LogP contribution in [0.5, 0.6) is 11.5 Å². The van der Waals surface area contributed by atoms with Crippen molar-refractivity contribution in [2.75, 3.05) is 27.8 Å². The van der Waals surface area contributed by atoms with Crippen LogP contribution in [0.1, 0.15) is 18.1 Å². The first-order valence-electron chi connectivity index (χ1n) is 8.99. The molecule has 0 aliphatic carbocycles. The summed E-state index contributed by atoms with van der Waals surface area (Å²) in [6, 6.07) is 10.9.